The molecule has 0 fully saturated rings. The summed E-state index contributed by atoms with van der Waals surface area (Å²) >= 11 is 3.23. The summed E-state index contributed by atoms with van der Waals surface area (Å²) in [6.45, 7) is 3.77. The van der Waals surface area contributed by atoms with E-state index < -0.39 is 5.82 Å². The molecule has 2 aromatic rings. The lowest BCUT2D eigenvalue weighted by molar-refractivity contribution is -0.116. The molecule has 21 heavy (non-hydrogen) atoms. The third-order valence-corrected chi connectivity index (χ3v) is 3.81. The van der Waals surface area contributed by atoms with Crippen molar-refractivity contribution in [2.24, 2.45) is 0 Å². The van der Waals surface area contributed by atoms with Gasteiger partial charge in [-0.15, -0.1) is 6.58 Å². The van der Waals surface area contributed by atoms with Gasteiger partial charge in [0.25, 0.3) is 0 Å². The zero-order chi connectivity index (χ0) is 15.2. The topological polar surface area (TPSA) is 29.1 Å². The summed E-state index contributed by atoms with van der Waals surface area (Å²) in [6.07, 6.45) is 1.94. The Bertz CT molecular complexity index is 622. The minimum Gasteiger partial charge on any atom is -0.323 e. The predicted octanol–water partition coefficient (Wildman–Crippen LogP) is 4.89. The summed E-state index contributed by atoms with van der Waals surface area (Å²) in [4.78, 5) is 12.1. The van der Waals surface area contributed by atoms with E-state index in [1.165, 1.54) is 6.07 Å². The molecule has 2 nitrogen and oxygen atoms in total. The second-order valence-electron chi connectivity index (χ2n) is 4.60. The lowest BCUT2D eigenvalue weighted by atomic mass is 9.95. The van der Waals surface area contributed by atoms with E-state index >= 15 is 0 Å². The molecule has 4 heteroatoms. The van der Waals surface area contributed by atoms with Gasteiger partial charge < -0.3 is 5.32 Å². The van der Waals surface area contributed by atoms with Gasteiger partial charge in [0.2, 0.25) is 5.91 Å². The Kier molecular flexibility index (Phi) is 5.28. The second kappa shape index (κ2) is 7.18. The highest BCUT2D eigenvalue weighted by molar-refractivity contribution is 9.10. The molecule has 0 aliphatic heterocycles. The van der Waals surface area contributed by atoms with Gasteiger partial charge in [0, 0.05) is 16.8 Å². The molecule has 0 aliphatic carbocycles. The zero-order valence-electron chi connectivity index (χ0n) is 11.4. The van der Waals surface area contributed by atoms with E-state index in [0.717, 1.165) is 5.56 Å². The van der Waals surface area contributed by atoms with Crippen molar-refractivity contribution in [1.29, 1.82) is 0 Å². The van der Waals surface area contributed by atoms with Crippen LogP contribution >= 0.6 is 15.9 Å². The van der Waals surface area contributed by atoms with Crippen molar-refractivity contribution in [3.8, 4) is 0 Å². The molecule has 0 saturated heterocycles. The number of rotatable bonds is 5. The van der Waals surface area contributed by atoms with Gasteiger partial charge in [-0.25, -0.2) is 4.39 Å². The highest BCUT2D eigenvalue weighted by Crippen LogP contribution is 2.27. The number of carbonyl (C=O) groups excluding carboxylic acids is 1. The van der Waals surface area contributed by atoms with Crippen LogP contribution in [0, 0.1) is 5.82 Å². The first-order valence-corrected chi connectivity index (χ1v) is 7.32. The largest absolute Gasteiger partial charge is 0.323 e. The summed E-state index contributed by atoms with van der Waals surface area (Å²) in [5, 5.41) is 2.60. The van der Waals surface area contributed by atoms with Crippen molar-refractivity contribution in [3.05, 3.63) is 77.0 Å². The Morgan fingerprint density at radius 3 is 2.57 bits per heavy atom. The van der Waals surface area contributed by atoms with Crippen LogP contribution in [0.5, 0.6) is 0 Å². The molecule has 0 aromatic heterocycles. The number of hydrogen-bond donors (Lipinski definition) is 1. The quantitative estimate of drug-likeness (QED) is 0.766. The van der Waals surface area contributed by atoms with Crippen LogP contribution in [0.4, 0.5) is 10.1 Å². The Labute approximate surface area is 131 Å². The highest BCUT2D eigenvalue weighted by atomic mass is 79.9. The predicted molar refractivity (Wildman–Crippen MR) is 86.7 cm³/mol. The summed E-state index contributed by atoms with van der Waals surface area (Å²) < 4.78 is 14.2. The second-order valence-corrected chi connectivity index (χ2v) is 5.46. The van der Waals surface area contributed by atoms with Gasteiger partial charge in [-0.1, -0.05) is 42.5 Å². The molecule has 1 N–H and O–H groups in total. The Hall–Kier alpha value is -1.94. The normalized spacial score (nSPS) is 11.7. The smallest absolute Gasteiger partial charge is 0.225 e. The average molecular weight is 348 g/mol. The lowest BCUT2D eigenvalue weighted by Gasteiger charge is -2.14. The fourth-order valence-corrected chi connectivity index (χ4v) is 2.49. The molecule has 1 unspecified atom stereocenters. The molecular weight excluding hydrogens is 333 g/mol. The number of benzene rings is 2. The lowest BCUT2D eigenvalue weighted by Crippen LogP contribution is -2.16. The third-order valence-electron chi connectivity index (χ3n) is 3.14. The number of carbonyl (C=O) groups is 1. The molecule has 108 valence electrons. The van der Waals surface area contributed by atoms with Gasteiger partial charge in [0.1, 0.15) is 5.82 Å². The summed E-state index contributed by atoms with van der Waals surface area (Å²) in [5.74, 6) is -0.820. The first-order valence-electron chi connectivity index (χ1n) is 6.53. The Morgan fingerprint density at radius 2 is 1.95 bits per heavy atom. The van der Waals surface area contributed by atoms with Gasteiger partial charge in [-0.3, -0.25) is 4.79 Å². The van der Waals surface area contributed by atoms with Gasteiger partial charge in [-0.2, -0.15) is 0 Å². The molecule has 2 aromatic carbocycles. The standard InChI is InChI=1S/C17H15BrFNO/c1-2-12(13-7-4-3-5-8-13)11-16(21)20-17-14(18)9-6-10-15(17)19/h2-10,12H,1,11H2,(H,20,21). The number of amides is 1. The van der Waals surface area contributed by atoms with E-state index in [9.17, 15) is 9.18 Å². The molecule has 0 aliphatic rings. The highest BCUT2D eigenvalue weighted by Gasteiger charge is 2.15. The monoisotopic (exact) mass is 347 g/mol. The van der Waals surface area contributed by atoms with Crippen LogP contribution in [0.1, 0.15) is 17.9 Å². The molecule has 1 atom stereocenters. The molecule has 2 rings (SSSR count). The van der Waals surface area contributed by atoms with E-state index in [1.54, 1.807) is 18.2 Å². The van der Waals surface area contributed by atoms with Crippen LogP contribution in [0.25, 0.3) is 0 Å². The first-order chi connectivity index (χ1) is 10.1. The molecule has 1 amide bonds. The maximum Gasteiger partial charge on any atom is 0.225 e. The Morgan fingerprint density at radius 1 is 1.24 bits per heavy atom. The van der Waals surface area contributed by atoms with Crippen LogP contribution in [0.15, 0.2) is 65.7 Å². The number of anilines is 1. The SMILES string of the molecule is C=CC(CC(=O)Nc1c(F)cccc1Br)c1ccccc1. The van der Waals surface area contributed by atoms with Gasteiger partial charge in [0.15, 0.2) is 0 Å². The first kappa shape index (κ1) is 15.4. The van der Waals surface area contributed by atoms with Crippen LogP contribution in [-0.4, -0.2) is 5.91 Å². The molecule has 0 heterocycles. The number of allylic oxidation sites excluding steroid dienone is 1. The van der Waals surface area contributed by atoms with Crippen molar-refractivity contribution in [2.75, 3.05) is 5.32 Å². The maximum atomic E-state index is 13.7. The third kappa shape index (κ3) is 4.02. The molecule has 0 radical (unpaired) electrons. The van der Waals surface area contributed by atoms with Crippen LogP contribution < -0.4 is 5.32 Å². The van der Waals surface area contributed by atoms with E-state index in [-0.39, 0.29) is 23.9 Å². The minimum absolute atomic E-state index is 0.100. The van der Waals surface area contributed by atoms with Crippen LogP contribution in [0.2, 0.25) is 0 Å². The molecular formula is C17H15BrFNO. The fraction of sp³-hybridized carbons (Fsp3) is 0.118. The maximum absolute atomic E-state index is 13.7. The van der Waals surface area contributed by atoms with E-state index in [1.807, 2.05) is 30.3 Å². The number of hydrogen-bond acceptors (Lipinski definition) is 1. The van der Waals surface area contributed by atoms with Crippen LogP contribution in [0.3, 0.4) is 0 Å². The number of halogens is 2. The molecule has 0 bridgehead atoms. The van der Waals surface area contributed by atoms with Crippen molar-refractivity contribution in [1.82, 2.24) is 0 Å². The Balaban J connectivity index is 2.09. The van der Waals surface area contributed by atoms with Crippen molar-refractivity contribution in [3.63, 3.8) is 0 Å². The van der Waals surface area contributed by atoms with Gasteiger partial charge >= 0.3 is 0 Å². The van der Waals surface area contributed by atoms with E-state index in [2.05, 4.69) is 27.8 Å². The van der Waals surface area contributed by atoms with E-state index in [4.69, 9.17) is 0 Å². The van der Waals surface area contributed by atoms with Crippen molar-refractivity contribution in [2.45, 2.75) is 12.3 Å². The van der Waals surface area contributed by atoms with Gasteiger partial charge in [-0.05, 0) is 33.6 Å². The number of para-hydroxylation sites is 1. The molecule has 0 saturated carbocycles. The number of nitrogens with one attached hydrogen (secondary N) is 1. The summed E-state index contributed by atoms with van der Waals surface area (Å²) in [5.41, 5.74) is 1.17. The van der Waals surface area contributed by atoms with Gasteiger partial charge in [0.05, 0.1) is 5.69 Å². The zero-order valence-corrected chi connectivity index (χ0v) is 12.9. The van der Waals surface area contributed by atoms with Crippen molar-refractivity contribution < 1.29 is 9.18 Å². The van der Waals surface area contributed by atoms with Crippen LogP contribution in [-0.2, 0) is 4.79 Å². The van der Waals surface area contributed by atoms with Crippen molar-refractivity contribution >= 4 is 27.5 Å². The minimum atomic E-state index is -0.465. The summed E-state index contributed by atoms with van der Waals surface area (Å²) in [6, 6.07) is 14.2. The van der Waals surface area contributed by atoms with E-state index in [0.29, 0.717) is 4.47 Å². The molecule has 0 spiro atoms. The average Bonchev–Trinajstić information content (AvgIpc) is 2.49. The summed E-state index contributed by atoms with van der Waals surface area (Å²) in [7, 11) is 0. The fourth-order valence-electron chi connectivity index (χ4n) is 2.04.